The van der Waals surface area contributed by atoms with Gasteiger partial charge in [0.05, 0.1) is 5.02 Å². The molecule has 1 saturated carbocycles. The average molecular weight is 321 g/mol. The van der Waals surface area contributed by atoms with E-state index >= 15 is 0 Å². The molecule has 3 N–H and O–H groups in total. The van der Waals surface area contributed by atoms with E-state index in [1.54, 1.807) is 0 Å². The highest BCUT2D eigenvalue weighted by Gasteiger charge is 2.22. The van der Waals surface area contributed by atoms with E-state index in [0.29, 0.717) is 12.5 Å². The molecule has 20 heavy (non-hydrogen) atoms. The summed E-state index contributed by atoms with van der Waals surface area (Å²) in [5.41, 5.74) is 5.63. The molecule has 0 unspecified atom stereocenters. The van der Waals surface area contributed by atoms with Crippen molar-refractivity contribution in [2.45, 2.75) is 37.0 Å². The summed E-state index contributed by atoms with van der Waals surface area (Å²) in [5, 5.41) is -0.291. The highest BCUT2D eigenvalue weighted by molar-refractivity contribution is 7.89. The van der Waals surface area contributed by atoms with Crippen LogP contribution in [-0.4, -0.2) is 15.0 Å². The Bertz CT molecular complexity index is 586. The van der Waals surface area contributed by atoms with Crippen molar-refractivity contribution < 1.29 is 12.8 Å². The van der Waals surface area contributed by atoms with Gasteiger partial charge in [-0.1, -0.05) is 37.3 Å². The molecule has 1 aliphatic rings. The third-order valence-electron chi connectivity index (χ3n) is 3.63. The summed E-state index contributed by atoms with van der Waals surface area (Å²) in [6.07, 6.45) is 5.46. The second kappa shape index (κ2) is 6.28. The lowest BCUT2D eigenvalue weighted by atomic mass is 10.1. The van der Waals surface area contributed by atoms with Crippen LogP contribution in [0.2, 0.25) is 5.02 Å². The molecule has 0 spiro atoms. The second-order valence-corrected chi connectivity index (χ2v) is 7.29. The van der Waals surface area contributed by atoms with Crippen LogP contribution in [0.5, 0.6) is 0 Å². The number of anilines is 1. The Morgan fingerprint density at radius 1 is 1.35 bits per heavy atom. The number of halogens is 2. The van der Waals surface area contributed by atoms with E-state index in [0.717, 1.165) is 25.3 Å². The Kier molecular flexibility index (Phi) is 4.88. The number of nitrogens with one attached hydrogen (secondary N) is 1. The van der Waals surface area contributed by atoms with Gasteiger partial charge in [-0.05, 0) is 24.5 Å². The highest BCUT2D eigenvalue weighted by atomic mass is 35.5. The standard InChI is InChI=1S/C13H18ClFN2O2S/c14-11-7-10(16)8-12(13(11)15)20(18,19)17-6-5-9-3-1-2-4-9/h7-9,17H,1-6,16H2. The molecule has 1 fully saturated rings. The summed E-state index contributed by atoms with van der Waals surface area (Å²) < 4.78 is 40.3. The summed E-state index contributed by atoms with van der Waals surface area (Å²) >= 11 is 5.62. The summed E-state index contributed by atoms with van der Waals surface area (Å²) in [5.74, 6) is -0.402. The SMILES string of the molecule is Nc1cc(Cl)c(F)c(S(=O)(=O)NCCC2CCCC2)c1. The molecule has 1 aromatic rings. The maximum absolute atomic E-state index is 13.8. The summed E-state index contributed by atoms with van der Waals surface area (Å²) in [4.78, 5) is -0.492. The van der Waals surface area contributed by atoms with Crippen LogP contribution in [0, 0.1) is 11.7 Å². The Hall–Kier alpha value is -0.850. The first kappa shape index (κ1) is 15.5. The first-order chi connectivity index (χ1) is 9.40. The lowest BCUT2D eigenvalue weighted by Crippen LogP contribution is -2.27. The smallest absolute Gasteiger partial charge is 0.243 e. The number of sulfonamides is 1. The van der Waals surface area contributed by atoms with Crippen molar-refractivity contribution in [2.24, 2.45) is 5.92 Å². The van der Waals surface area contributed by atoms with Crippen LogP contribution >= 0.6 is 11.6 Å². The molecule has 0 aliphatic heterocycles. The Morgan fingerprint density at radius 2 is 2.00 bits per heavy atom. The molecule has 1 aliphatic carbocycles. The van der Waals surface area contributed by atoms with E-state index in [-0.39, 0.29) is 10.7 Å². The molecule has 0 saturated heterocycles. The lowest BCUT2D eigenvalue weighted by molar-refractivity contribution is 0.494. The minimum atomic E-state index is -3.92. The molecule has 4 nitrogen and oxygen atoms in total. The fourth-order valence-corrected chi connectivity index (χ4v) is 4.02. The molecule has 112 valence electrons. The Labute approximate surface area is 123 Å². The third-order valence-corrected chi connectivity index (χ3v) is 5.36. The summed E-state index contributed by atoms with van der Waals surface area (Å²) in [7, 11) is -3.92. The van der Waals surface area contributed by atoms with Gasteiger partial charge in [0.2, 0.25) is 10.0 Å². The zero-order valence-corrected chi connectivity index (χ0v) is 12.6. The fourth-order valence-electron chi connectivity index (χ4n) is 2.55. The first-order valence-corrected chi connectivity index (χ1v) is 8.50. The number of benzene rings is 1. The second-order valence-electron chi connectivity index (χ2n) is 5.15. The zero-order chi connectivity index (χ0) is 14.8. The van der Waals surface area contributed by atoms with Crippen LogP contribution in [-0.2, 0) is 10.0 Å². The number of rotatable bonds is 5. The van der Waals surface area contributed by atoms with Gasteiger partial charge in [-0.3, -0.25) is 0 Å². The molecule has 7 heteroatoms. The number of hydrogen-bond donors (Lipinski definition) is 2. The minimum absolute atomic E-state index is 0.118. The fraction of sp³-hybridized carbons (Fsp3) is 0.538. The van der Waals surface area contributed by atoms with E-state index in [1.165, 1.54) is 18.9 Å². The summed E-state index contributed by atoms with van der Waals surface area (Å²) in [6.45, 7) is 0.304. The Morgan fingerprint density at radius 3 is 2.65 bits per heavy atom. The van der Waals surface area contributed by atoms with Crippen molar-refractivity contribution in [2.75, 3.05) is 12.3 Å². The molecule has 0 atom stereocenters. The van der Waals surface area contributed by atoms with Crippen LogP contribution in [0.1, 0.15) is 32.1 Å². The molecule has 0 aromatic heterocycles. The van der Waals surface area contributed by atoms with E-state index in [9.17, 15) is 12.8 Å². The van der Waals surface area contributed by atoms with Gasteiger partial charge in [-0.15, -0.1) is 0 Å². The van der Waals surface area contributed by atoms with Gasteiger partial charge >= 0.3 is 0 Å². The predicted octanol–water partition coefficient (Wildman–Crippen LogP) is 2.92. The van der Waals surface area contributed by atoms with Crippen LogP contribution in [0.3, 0.4) is 0 Å². The largest absolute Gasteiger partial charge is 0.399 e. The summed E-state index contributed by atoms with van der Waals surface area (Å²) in [6, 6.07) is 2.27. The van der Waals surface area contributed by atoms with E-state index in [1.807, 2.05) is 0 Å². The minimum Gasteiger partial charge on any atom is -0.399 e. The van der Waals surface area contributed by atoms with Gasteiger partial charge in [0.1, 0.15) is 4.90 Å². The molecule has 0 radical (unpaired) electrons. The van der Waals surface area contributed by atoms with Gasteiger partial charge in [0.15, 0.2) is 5.82 Å². The number of hydrogen-bond acceptors (Lipinski definition) is 3. The van der Waals surface area contributed by atoms with Crippen molar-refractivity contribution in [3.05, 3.63) is 23.0 Å². The van der Waals surface area contributed by atoms with Gasteiger partial charge in [-0.25, -0.2) is 17.5 Å². The van der Waals surface area contributed by atoms with Crippen molar-refractivity contribution in [1.29, 1.82) is 0 Å². The highest BCUT2D eigenvalue weighted by Crippen LogP contribution is 2.28. The van der Waals surface area contributed by atoms with E-state index in [4.69, 9.17) is 17.3 Å². The Balaban J connectivity index is 2.06. The zero-order valence-electron chi connectivity index (χ0n) is 11.0. The quantitative estimate of drug-likeness (QED) is 0.819. The topological polar surface area (TPSA) is 72.2 Å². The van der Waals surface area contributed by atoms with Gasteiger partial charge in [0.25, 0.3) is 0 Å². The lowest BCUT2D eigenvalue weighted by Gasteiger charge is -2.12. The van der Waals surface area contributed by atoms with Crippen LogP contribution in [0.15, 0.2) is 17.0 Å². The van der Waals surface area contributed by atoms with Crippen LogP contribution in [0.25, 0.3) is 0 Å². The van der Waals surface area contributed by atoms with Crippen LogP contribution in [0.4, 0.5) is 10.1 Å². The van der Waals surface area contributed by atoms with Gasteiger partial charge < -0.3 is 5.73 Å². The molecule has 1 aromatic carbocycles. The molecule has 0 heterocycles. The van der Waals surface area contributed by atoms with Gasteiger partial charge in [0, 0.05) is 12.2 Å². The van der Waals surface area contributed by atoms with Crippen molar-refractivity contribution in [3.8, 4) is 0 Å². The molecule has 2 rings (SSSR count). The molecule has 0 amide bonds. The van der Waals surface area contributed by atoms with E-state index in [2.05, 4.69) is 4.72 Å². The predicted molar refractivity (Wildman–Crippen MR) is 77.6 cm³/mol. The molecular weight excluding hydrogens is 303 g/mol. The number of nitrogens with two attached hydrogens (primary N) is 1. The molecule has 0 bridgehead atoms. The first-order valence-electron chi connectivity index (χ1n) is 6.64. The third kappa shape index (κ3) is 3.62. The van der Waals surface area contributed by atoms with Crippen LogP contribution < -0.4 is 10.5 Å². The molecular formula is C13H18ClFN2O2S. The van der Waals surface area contributed by atoms with Gasteiger partial charge in [-0.2, -0.15) is 0 Å². The number of nitrogen functional groups attached to an aromatic ring is 1. The van der Waals surface area contributed by atoms with E-state index < -0.39 is 20.7 Å². The van der Waals surface area contributed by atoms with Crippen molar-refractivity contribution in [1.82, 2.24) is 4.72 Å². The average Bonchev–Trinajstić information content (AvgIpc) is 2.86. The monoisotopic (exact) mass is 320 g/mol. The normalized spacial score (nSPS) is 16.7. The maximum atomic E-state index is 13.8. The maximum Gasteiger partial charge on any atom is 0.243 e. The van der Waals surface area contributed by atoms with Crippen molar-refractivity contribution in [3.63, 3.8) is 0 Å². The van der Waals surface area contributed by atoms with Crippen molar-refractivity contribution >= 4 is 27.3 Å².